The van der Waals surface area contributed by atoms with Crippen LogP contribution in [-0.2, 0) is 15.1 Å². The highest BCUT2D eigenvalue weighted by Gasteiger charge is 2.53. The van der Waals surface area contributed by atoms with Gasteiger partial charge in [-0.15, -0.1) is 0 Å². The number of amides is 2. The molecule has 0 unspecified atom stereocenters. The van der Waals surface area contributed by atoms with Gasteiger partial charge in [-0.3, -0.25) is 14.6 Å². The van der Waals surface area contributed by atoms with E-state index in [9.17, 15) is 9.59 Å². The first kappa shape index (κ1) is 32.6. The zero-order chi connectivity index (χ0) is 32.1. The number of methoxy groups -OCH3 is 1. The lowest BCUT2D eigenvalue weighted by Crippen LogP contribution is -2.56. The summed E-state index contributed by atoms with van der Waals surface area (Å²) >= 11 is 12.6. The molecule has 10 heteroatoms. The van der Waals surface area contributed by atoms with E-state index in [0.717, 1.165) is 43.5 Å². The number of ether oxygens (including phenoxy) is 2. The molecule has 1 fully saturated rings. The van der Waals surface area contributed by atoms with Crippen LogP contribution in [0.5, 0.6) is 11.5 Å². The van der Waals surface area contributed by atoms with Gasteiger partial charge in [0.2, 0.25) is 5.91 Å². The van der Waals surface area contributed by atoms with Crippen LogP contribution in [-0.4, -0.2) is 55.4 Å². The Morgan fingerprint density at radius 3 is 2.27 bits per heavy atom. The molecule has 0 spiro atoms. The number of likely N-dealkylation sites (tertiary alicyclic amines) is 1. The predicted octanol–water partition coefficient (Wildman–Crippen LogP) is 6.54. The van der Waals surface area contributed by atoms with Crippen molar-refractivity contribution in [3.05, 3.63) is 93.5 Å². The molecule has 0 aliphatic carbocycles. The van der Waals surface area contributed by atoms with Crippen molar-refractivity contribution in [3.63, 3.8) is 0 Å². The zero-order valence-electron chi connectivity index (χ0n) is 26.1. The second-order valence-electron chi connectivity index (χ2n) is 11.9. The molecule has 2 aliphatic rings. The molecule has 1 saturated heterocycles. The number of aliphatic imine (C=N–C) groups is 1. The lowest BCUT2D eigenvalue weighted by atomic mass is 9.79. The van der Waals surface area contributed by atoms with Crippen molar-refractivity contribution < 1.29 is 19.1 Å². The van der Waals surface area contributed by atoms with Crippen LogP contribution in [0.15, 0.2) is 71.7 Å². The molecular formula is C35H40Cl2N4O4. The first-order chi connectivity index (χ1) is 21.6. The van der Waals surface area contributed by atoms with Gasteiger partial charge in [-0.1, -0.05) is 47.5 Å². The molecule has 2 amide bonds. The van der Waals surface area contributed by atoms with Crippen LogP contribution < -0.4 is 20.1 Å². The summed E-state index contributed by atoms with van der Waals surface area (Å²) < 4.78 is 11.7. The topological polar surface area (TPSA) is 92.3 Å². The number of piperidine rings is 1. The van der Waals surface area contributed by atoms with Crippen LogP contribution >= 0.6 is 23.2 Å². The standard InChI is InChI=1S/C35H40Cl2N4O4/c1-22(2)45-31-21-29(44-4)13-14-30(31)33-39-32(25-5-9-27(36)10-6-25)35(40-33,26-7-11-28(37)12-8-26)34(43)38-18-15-24-16-19-41(20-17-24)23(3)42/h5-14,21-22,24,32H,15-20H2,1-4H3,(H,38,43)(H,39,40)/t32-,35+/m1/s1. The molecule has 3 aromatic carbocycles. The average molecular weight is 652 g/mol. The number of carbonyl (C=O) groups excluding carboxylic acids is 2. The molecule has 45 heavy (non-hydrogen) atoms. The number of nitrogens with one attached hydrogen (secondary N) is 2. The van der Waals surface area contributed by atoms with E-state index in [2.05, 4.69) is 10.6 Å². The number of hydrogen-bond acceptors (Lipinski definition) is 6. The second kappa shape index (κ2) is 14.1. The Bertz CT molecular complexity index is 1540. The van der Waals surface area contributed by atoms with Crippen molar-refractivity contribution in [1.82, 2.24) is 15.5 Å². The molecule has 3 aromatic rings. The van der Waals surface area contributed by atoms with Crippen molar-refractivity contribution in [2.24, 2.45) is 10.9 Å². The highest BCUT2D eigenvalue weighted by Crippen LogP contribution is 2.44. The molecule has 2 atom stereocenters. The summed E-state index contributed by atoms with van der Waals surface area (Å²) in [5, 5.41) is 7.97. The molecule has 0 aromatic heterocycles. The minimum absolute atomic E-state index is 0.100. The van der Waals surface area contributed by atoms with Crippen LogP contribution in [0, 0.1) is 5.92 Å². The Balaban J connectivity index is 1.52. The van der Waals surface area contributed by atoms with Gasteiger partial charge in [-0.25, -0.2) is 0 Å². The normalized spacial score (nSPS) is 20.0. The van der Waals surface area contributed by atoms with E-state index in [1.807, 2.05) is 73.3 Å². The maximum Gasteiger partial charge on any atom is 0.253 e. The molecule has 2 N–H and O–H groups in total. The third-order valence-corrected chi connectivity index (χ3v) is 9.04. The number of nitrogens with zero attached hydrogens (tertiary/aromatic N) is 2. The fraction of sp³-hybridized carbons (Fsp3) is 0.400. The largest absolute Gasteiger partial charge is 0.497 e. The Kier molecular flexibility index (Phi) is 10.2. The van der Waals surface area contributed by atoms with Gasteiger partial charge in [0.25, 0.3) is 5.91 Å². The van der Waals surface area contributed by atoms with Crippen LogP contribution in [0.3, 0.4) is 0 Å². The number of halogens is 2. The number of amidine groups is 1. The second-order valence-corrected chi connectivity index (χ2v) is 12.8. The molecule has 0 bridgehead atoms. The molecule has 238 valence electrons. The summed E-state index contributed by atoms with van der Waals surface area (Å²) in [6, 6.07) is 19.7. The van der Waals surface area contributed by atoms with Crippen molar-refractivity contribution in [3.8, 4) is 11.5 Å². The van der Waals surface area contributed by atoms with Gasteiger partial charge in [-0.2, -0.15) is 0 Å². The fourth-order valence-corrected chi connectivity index (χ4v) is 6.37. The summed E-state index contributed by atoms with van der Waals surface area (Å²) in [4.78, 5) is 33.5. The van der Waals surface area contributed by atoms with E-state index in [1.54, 1.807) is 26.2 Å². The third kappa shape index (κ3) is 7.23. The molecular weight excluding hydrogens is 611 g/mol. The van der Waals surface area contributed by atoms with Crippen LogP contribution in [0.1, 0.15) is 62.8 Å². The maximum atomic E-state index is 14.6. The summed E-state index contributed by atoms with van der Waals surface area (Å²) in [6.45, 7) is 7.53. The highest BCUT2D eigenvalue weighted by molar-refractivity contribution is 6.30. The Morgan fingerprint density at radius 2 is 1.67 bits per heavy atom. The van der Waals surface area contributed by atoms with Gasteiger partial charge in [0.15, 0.2) is 5.54 Å². The van der Waals surface area contributed by atoms with Gasteiger partial charge in [0.1, 0.15) is 23.4 Å². The summed E-state index contributed by atoms with van der Waals surface area (Å²) in [6.07, 6.45) is 2.56. The number of benzene rings is 3. The van der Waals surface area contributed by atoms with Gasteiger partial charge in [0.05, 0.1) is 18.8 Å². The van der Waals surface area contributed by atoms with E-state index in [0.29, 0.717) is 45.4 Å². The first-order valence-electron chi connectivity index (χ1n) is 15.4. The predicted molar refractivity (Wildman–Crippen MR) is 178 cm³/mol. The smallest absolute Gasteiger partial charge is 0.253 e. The minimum atomic E-state index is -1.30. The lowest BCUT2D eigenvalue weighted by Gasteiger charge is -2.35. The fourth-order valence-electron chi connectivity index (χ4n) is 6.12. The van der Waals surface area contributed by atoms with Gasteiger partial charge < -0.3 is 25.0 Å². The highest BCUT2D eigenvalue weighted by atomic mass is 35.5. The first-order valence-corrected chi connectivity index (χ1v) is 16.1. The van der Waals surface area contributed by atoms with E-state index in [-0.39, 0.29) is 17.9 Å². The van der Waals surface area contributed by atoms with Crippen molar-refractivity contribution in [2.75, 3.05) is 26.7 Å². The van der Waals surface area contributed by atoms with Gasteiger partial charge in [-0.05, 0) is 86.6 Å². The molecule has 2 aliphatic heterocycles. The van der Waals surface area contributed by atoms with Crippen molar-refractivity contribution >= 4 is 40.9 Å². The SMILES string of the molecule is COc1ccc(C2=N[C@H](c3ccc(Cl)cc3)[C@](C(=O)NCCC3CCN(C(C)=O)CC3)(c3ccc(Cl)cc3)N2)c(OC(C)C)c1. The Morgan fingerprint density at radius 1 is 1.02 bits per heavy atom. The van der Waals surface area contributed by atoms with E-state index >= 15 is 0 Å². The third-order valence-electron chi connectivity index (χ3n) is 8.53. The molecule has 2 heterocycles. The zero-order valence-corrected chi connectivity index (χ0v) is 27.6. The molecule has 5 rings (SSSR count). The van der Waals surface area contributed by atoms with Crippen LogP contribution in [0.2, 0.25) is 10.0 Å². The summed E-state index contributed by atoms with van der Waals surface area (Å²) in [5.74, 6) is 2.10. The van der Waals surface area contributed by atoms with E-state index < -0.39 is 11.6 Å². The number of hydrogen-bond donors (Lipinski definition) is 2. The number of carbonyl (C=O) groups is 2. The lowest BCUT2D eigenvalue weighted by molar-refractivity contribution is -0.130. The van der Waals surface area contributed by atoms with Crippen molar-refractivity contribution in [1.29, 1.82) is 0 Å². The molecule has 0 saturated carbocycles. The number of rotatable bonds is 10. The molecule has 8 nitrogen and oxygen atoms in total. The summed E-state index contributed by atoms with van der Waals surface area (Å²) in [7, 11) is 1.61. The quantitative estimate of drug-likeness (QED) is 0.260. The molecule has 0 radical (unpaired) electrons. The Labute approximate surface area is 275 Å². The van der Waals surface area contributed by atoms with Crippen molar-refractivity contribution in [2.45, 2.75) is 57.7 Å². The Hall–Kier alpha value is -3.75. The minimum Gasteiger partial charge on any atom is -0.497 e. The van der Waals surface area contributed by atoms with E-state index in [1.165, 1.54) is 0 Å². The monoisotopic (exact) mass is 650 g/mol. The van der Waals surface area contributed by atoms with E-state index in [4.69, 9.17) is 37.7 Å². The summed E-state index contributed by atoms with van der Waals surface area (Å²) in [5.41, 5.74) is 0.950. The van der Waals surface area contributed by atoms with Gasteiger partial charge in [0, 0.05) is 42.7 Å². The van der Waals surface area contributed by atoms with Crippen LogP contribution in [0.25, 0.3) is 0 Å². The van der Waals surface area contributed by atoms with Crippen LogP contribution in [0.4, 0.5) is 0 Å². The maximum absolute atomic E-state index is 14.6. The average Bonchev–Trinajstić information content (AvgIpc) is 3.43. The van der Waals surface area contributed by atoms with Gasteiger partial charge >= 0.3 is 0 Å².